The Balaban J connectivity index is 1.40. The van der Waals surface area contributed by atoms with Crippen LogP contribution in [-0.4, -0.2) is 41.9 Å². The zero-order valence-corrected chi connectivity index (χ0v) is 19.6. The Kier molecular flexibility index (Phi) is 7.65. The van der Waals surface area contributed by atoms with E-state index >= 15 is 0 Å². The van der Waals surface area contributed by atoms with Crippen LogP contribution in [0.15, 0.2) is 67.0 Å². The molecule has 1 aliphatic rings. The van der Waals surface area contributed by atoms with Gasteiger partial charge in [-0.05, 0) is 55.3 Å². The highest BCUT2D eigenvalue weighted by atomic mass is 35.5. The van der Waals surface area contributed by atoms with Gasteiger partial charge in [-0.25, -0.2) is 0 Å². The Bertz CT molecular complexity index is 1140. The number of ether oxygens (including phenoxy) is 2. The first-order valence-corrected chi connectivity index (χ1v) is 11.5. The van der Waals surface area contributed by atoms with Crippen molar-refractivity contribution in [3.8, 4) is 11.5 Å². The van der Waals surface area contributed by atoms with E-state index in [4.69, 9.17) is 21.1 Å². The van der Waals surface area contributed by atoms with Gasteiger partial charge in [-0.15, -0.1) is 0 Å². The normalized spacial score (nSPS) is 15.5. The lowest BCUT2D eigenvalue weighted by Crippen LogP contribution is -2.43. The van der Waals surface area contributed by atoms with Crippen LogP contribution in [0, 0.1) is 5.92 Å². The van der Waals surface area contributed by atoms with Gasteiger partial charge in [-0.2, -0.15) is 0 Å². The number of hydrogen-bond acceptors (Lipinski definition) is 5. The lowest BCUT2D eigenvalue weighted by atomic mass is 9.96. The maximum absolute atomic E-state index is 13.0. The average molecular weight is 480 g/mol. The Morgan fingerprint density at radius 1 is 1.15 bits per heavy atom. The number of rotatable bonds is 7. The van der Waals surface area contributed by atoms with Crippen LogP contribution < -0.4 is 14.8 Å². The molecule has 1 atom stereocenters. The van der Waals surface area contributed by atoms with Crippen molar-refractivity contribution in [3.05, 3.63) is 83.1 Å². The summed E-state index contributed by atoms with van der Waals surface area (Å²) in [5.41, 5.74) is 2.09. The van der Waals surface area contributed by atoms with Gasteiger partial charge >= 0.3 is 0 Å². The molecule has 2 aromatic carbocycles. The largest absolute Gasteiger partial charge is 0.493 e. The molecule has 1 fully saturated rings. The minimum atomic E-state index is -0.299. The summed E-state index contributed by atoms with van der Waals surface area (Å²) in [5.74, 6) is 0.570. The number of aromatic nitrogens is 1. The fourth-order valence-electron chi connectivity index (χ4n) is 3.91. The Morgan fingerprint density at radius 3 is 2.71 bits per heavy atom. The number of hydrogen-bond donors (Lipinski definition) is 1. The Morgan fingerprint density at radius 2 is 1.97 bits per heavy atom. The molecule has 0 spiro atoms. The molecule has 176 valence electrons. The highest BCUT2D eigenvalue weighted by Crippen LogP contribution is 2.31. The van der Waals surface area contributed by atoms with E-state index in [-0.39, 0.29) is 17.7 Å². The van der Waals surface area contributed by atoms with E-state index in [0.717, 1.165) is 18.4 Å². The topological polar surface area (TPSA) is 80.8 Å². The van der Waals surface area contributed by atoms with Gasteiger partial charge in [0.15, 0.2) is 11.5 Å². The van der Waals surface area contributed by atoms with Crippen LogP contribution in [0.4, 0.5) is 5.69 Å². The molecule has 0 bridgehead atoms. The molecule has 2 heterocycles. The van der Waals surface area contributed by atoms with E-state index in [1.807, 2.05) is 12.1 Å². The number of likely N-dealkylation sites (tertiary alicyclic amines) is 1. The number of nitrogens with zero attached hydrogens (tertiary/aromatic N) is 2. The van der Waals surface area contributed by atoms with E-state index in [1.54, 1.807) is 66.9 Å². The van der Waals surface area contributed by atoms with Gasteiger partial charge in [-0.1, -0.05) is 17.7 Å². The molecular formula is C26H26ClN3O4. The van der Waals surface area contributed by atoms with Crippen molar-refractivity contribution in [1.82, 2.24) is 9.88 Å². The van der Waals surface area contributed by atoms with Gasteiger partial charge in [0, 0.05) is 53.4 Å². The van der Waals surface area contributed by atoms with Gasteiger partial charge in [-0.3, -0.25) is 14.6 Å². The third-order valence-electron chi connectivity index (χ3n) is 5.72. The molecule has 1 aliphatic heterocycles. The minimum absolute atomic E-state index is 0.0929. The number of benzene rings is 2. The summed E-state index contributed by atoms with van der Waals surface area (Å²) in [5, 5.41) is 3.55. The van der Waals surface area contributed by atoms with Crippen molar-refractivity contribution in [2.45, 2.75) is 19.4 Å². The number of pyridine rings is 1. The number of carbonyl (C=O) groups excluding carboxylic acids is 2. The van der Waals surface area contributed by atoms with Gasteiger partial charge in [0.1, 0.15) is 6.61 Å². The van der Waals surface area contributed by atoms with Gasteiger partial charge < -0.3 is 19.7 Å². The molecule has 8 heteroatoms. The van der Waals surface area contributed by atoms with Gasteiger partial charge in [0.2, 0.25) is 5.91 Å². The van der Waals surface area contributed by atoms with E-state index in [2.05, 4.69) is 10.3 Å². The number of nitrogens with one attached hydrogen (secondary N) is 1. The molecule has 1 saturated heterocycles. The fourth-order valence-corrected chi connectivity index (χ4v) is 4.03. The Hall–Kier alpha value is -3.58. The molecule has 0 radical (unpaired) electrons. The summed E-state index contributed by atoms with van der Waals surface area (Å²) in [6.07, 6.45) is 4.92. The first-order chi connectivity index (χ1) is 16.5. The predicted octanol–water partition coefficient (Wildman–Crippen LogP) is 4.81. The smallest absolute Gasteiger partial charge is 0.253 e. The van der Waals surface area contributed by atoms with Crippen LogP contribution in [0.5, 0.6) is 11.5 Å². The van der Waals surface area contributed by atoms with Crippen molar-refractivity contribution in [1.29, 1.82) is 0 Å². The third kappa shape index (κ3) is 5.85. The molecule has 0 aliphatic carbocycles. The quantitative estimate of drug-likeness (QED) is 0.525. The molecule has 1 aromatic heterocycles. The van der Waals surface area contributed by atoms with Crippen LogP contribution in [0.1, 0.15) is 28.8 Å². The zero-order valence-electron chi connectivity index (χ0n) is 18.9. The van der Waals surface area contributed by atoms with E-state index in [9.17, 15) is 9.59 Å². The van der Waals surface area contributed by atoms with Crippen molar-refractivity contribution in [2.24, 2.45) is 5.92 Å². The highest BCUT2D eigenvalue weighted by Gasteiger charge is 2.29. The van der Waals surface area contributed by atoms with Crippen molar-refractivity contribution >= 4 is 29.1 Å². The highest BCUT2D eigenvalue weighted by molar-refractivity contribution is 6.30. The summed E-state index contributed by atoms with van der Waals surface area (Å²) < 4.78 is 11.3. The average Bonchev–Trinajstić information content (AvgIpc) is 2.88. The number of anilines is 1. The van der Waals surface area contributed by atoms with E-state index < -0.39 is 0 Å². The maximum Gasteiger partial charge on any atom is 0.253 e. The molecule has 1 unspecified atom stereocenters. The van der Waals surface area contributed by atoms with Gasteiger partial charge in [0.25, 0.3) is 5.91 Å². The van der Waals surface area contributed by atoms with Crippen LogP contribution in [0.25, 0.3) is 0 Å². The molecule has 3 aromatic rings. The maximum atomic E-state index is 13.0. The predicted molar refractivity (Wildman–Crippen MR) is 130 cm³/mol. The second-order valence-electron chi connectivity index (χ2n) is 8.10. The standard InChI is InChI=1S/C26H26ClN3O4/c1-33-23-11-10-22(14-24(23)34-17-18-4-2-12-28-15-18)29-25(31)20-5-3-13-30(16-20)26(32)19-6-8-21(27)9-7-19/h2,4,6-12,14-15,20H,3,5,13,16-17H2,1H3,(H,29,31). The van der Waals surface area contributed by atoms with Crippen molar-refractivity contribution < 1.29 is 19.1 Å². The molecule has 4 rings (SSSR count). The second-order valence-corrected chi connectivity index (χ2v) is 8.54. The lowest BCUT2D eigenvalue weighted by Gasteiger charge is -2.32. The summed E-state index contributed by atoms with van der Waals surface area (Å²) in [6, 6.07) is 15.8. The van der Waals surface area contributed by atoms with E-state index in [1.165, 1.54) is 0 Å². The van der Waals surface area contributed by atoms with Crippen molar-refractivity contribution in [2.75, 3.05) is 25.5 Å². The van der Waals surface area contributed by atoms with Gasteiger partial charge in [0.05, 0.1) is 13.0 Å². The second kappa shape index (κ2) is 11.0. The Labute approximate surface area is 203 Å². The zero-order chi connectivity index (χ0) is 23.9. The lowest BCUT2D eigenvalue weighted by molar-refractivity contribution is -0.121. The third-order valence-corrected chi connectivity index (χ3v) is 5.97. The van der Waals surface area contributed by atoms with Crippen LogP contribution >= 0.6 is 11.6 Å². The number of halogens is 1. The molecular weight excluding hydrogens is 454 g/mol. The molecule has 7 nitrogen and oxygen atoms in total. The first-order valence-electron chi connectivity index (χ1n) is 11.1. The first kappa shape index (κ1) is 23.6. The summed E-state index contributed by atoms with van der Waals surface area (Å²) >= 11 is 5.93. The number of amides is 2. The fraction of sp³-hybridized carbons (Fsp3) is 0.269. The monoisotopic (exact) mass is 479 g/mol. The van der Waals surface area contributed by atoms with E-state index in [0.29, 0.717) is 47.5 Å². The van der Waals surface area contributed by atoms with Crippen LogP contribution in [-0.2, 0) is 11.4 Å². The molecule has 1 N–H and O–H groups in total. The molecule has 0 saturated carbocycles. The number of methoxy groups -OCH3 is 1. The summed E-state index contributed by atoms with van der Waals surface area (Å²) in [6.45, 7) is 1.32. The number of piperidine rings is 1. The van der Waals surface area contributed by atoms with Crippen LogP contribution in [0.2, 0.25) is 5.02 Å². The SMILES string of the molecule is COc1ccc(NC(=O)C2CCCN(C(=O)c3ccc(Cl)cc3)C2)cc1OCc1cccnc1. The van der Waals surface area contributed by atoms with Crippen LogP contribution in [0.3, 0.4) is 0 Å². The molecule has 34 heavy (non-hydrogen) atoms. The number of carbonyl (C=O) groups is 2. The summed E-state index contributed by atoms with van der Waals surface area (Å²) in [4.78, 5) is 31.7. The van der Waals surface area contributed by atoms with Crippen molar-refractivity contribution in [3.63, 3.8) is 0 Å². The summed E-state index contributed by atoms with van der Waals surface area (Å²) in [7, 11) is 1.57. The molecule has 2 amide bonds. The minimum Gasteiger partial charge on any atom is -0.493 e.